The summed E-state index contributed by atoms with van der Waals surface area (Å²) >= 11 is 0. The van der Waals surface area contributed by atoms with Crippen LogP contribution in [-0.4, -0.2) is 12.1 Å². The molecule has 110 valence electrons. The molecular weight excluding hydrogens is 277 g/mol. The molecule has 2 aliphatic rings. The number of fused-ring (bicyclic) bond motifs is 1. The molecule has 3 rings (SSSR count). The second-order valence-corrected chi connectivity index (χ2v) is 5.42. The topological polar surface area (TPSA) is 61.8 Å². The van der Waals surface area contributed by atoms with Crippen molar-refractivity contribution in [3.8, 4) is 6.07 Å². The van der Waals surface area contributed by atoms with Crippen LogP contribution in [0, 0.1) is 17.1 Å². The molecule has 0 radical (unpaired) electrons. The van der Waals surface area contributed by atoms with E-state index in [1.54, 1.807) is 6.07 Å². The highest BCUT2D eigenvalue weighted by Crippen LogP contribution is 2.37. The molecule has 3 nitrogen and oxygen atoms in total. The molecule has 22 heavy (non-hydrogen) atoms. The standard InChI is InChI=1S/C18H16FN3/c1-11(21)16-9-13(10-20)15-6-3-7-22-18(15)17(16)12-4-2-5-14(19)8-12/h2-9,11,18,22H,21H2,1H3. The van der Waals surface area contributed by atoms with Crippen molar-refractivity contribution in [2.45, 2.75) is 19.0 Å². The van der Waals surface area contributed by atoms with Crippen LogP contribution >= 0.6 is 0 Å². The van der Waals surface area contributed by atoms with E-state index in [0.29, 0.717) is 5.57 Å². The maximum atomic E-state index is 13.6. The maximum Gasteiger partial charge on any atom is 0.123 e. The SMILES string of the molecule is CC(N)C1=C(c2cccc(F)c2)C2NC=CC=C2C(C#N)=C1. The number of nitrogens with one attached hydrogen (secondary N) is 1. The lowest BCUT2D eigenvalue weighted by Crippen LogP contribution is -2.35. The number of hydrogen-bond acceptors (Lipinski definition) is 3. The van der Waals surface area contributed by atoms with Gasteiger partial charge >= 0.3 is 0 Å². The normalized spacial score (nSPS) is 21.3. The van der Waals surface area contributed by atoms with Crippen LogP contribution in [0.25, 0.3) is 5.57 Å². The lowest BCUT2D eigenvalue weighted by molar-refractivity contribution is 0.627. The molecule has 3 N–H and O–H groups in total. The van der Waals surface area contributed by atoms with E-state index in [4.69, 9.17) is 5.73 Å². The molecule has 2 atom stereocenters. The Morgan fingerprint density at radius 3 is 2.91 bits per heavy atom. The Labute approximate surface area is 128 Å². The first-order valence-electron chi connectivity index (χ1n) is 7.12. The first-order valence-corrected chi connectivity index (χ1v) is 7.12. The summed E-state index contributed by atoms with van der Waals surface area (Å²) in [4.78, 5) is 0. The van der Waals surface area contributed by atoms with Gasteiger partial charge in [-0.15, -0.1) is 0 Å². The number of dihydropyridines is 1. The van der Waals surface area contributed by atoms with E-state index in [9.17, 15) is 9.65 Å². The van der Waals surface area contributed by atoms with E-state index in [1.165, 1.54) is 12.1 Å². The number of hydrogen-bond donors (Lipinski definition) is 2. The van der Waals surface area contributed by atoms with Gasteiger partial charge in [-0.1, -0.05) is 18.2 Å². The molecule has 1 aromatic rings. The van der Waals surface area contributed by atoms with Crippen LogP contribution in [0.5, 0.6) is 0 Å². The fourth-order valence-corrected chi connectivity index (χ4v) is 2.92. The van der Waals surface area contributed by atoms with Crippen LogP contribution in [0.2, 0.25) is 0 Å². The molecular formula is C18H16FN3. The molecule has 1 heterocycles. The quantitative estimate of drug-likeness (QED) is 0.881. The number of nitriles is 1. The lowest BCUT2D eigenvalue weighted by atomic mass is 9.78. The average Bonchev–Trinajstić information content (AvgIpc) is 2.53. The lowest BCUT2D eigenvalue weighted by Gasteiger charge is -2.32. The summed E-state index contributed by atoms with van der Waals surface area (Å²) in [7, 11) is 0. The molecule has 0 saturated carbocycles. The summed E-state index contributed by atoms with van der Waals surface area (Å²) in [5.41, 5.74) is 10.1. The van der Waals surface area contributed by atoms with Gasteiger partial charge in [-0.2, -0.15) is 5.26 Å². The van der Waals surface area contributed by atoms with Gasteiger partial charge < -0.3 is 11.1 Å². The minimum atomic E-state index is -0.291. The highest BCUT2D eigenvalue weighted by Gasteiger charge is 2.30. The van der Waals surface area contributed by atoms with Crippen molar-refractivity contribution in [1.82, 2.24) is 5.32 Å². The van der Waals surface area contributed by atoms with E-state index >= 15 is 0 Å². The van der Waals surface area contributed by atoms with Crippen LogP contribution in [0.1, 0.15) is 12.5 Å². The highest BCUT2D eigenvalue weighted by molar-refractivity contribution is 5.83. The monoisotopic (exact) mass is 293 g/mol. The number of nitrogens with zero attached hydrogens (tertiary/aromatic N) is 1. The fourth-order valence-electron chi connectivity index (χ4n) is 2.92. The number of rotatable bonds is 2. The minimum absolute atomic E-state index is 0.188. The smallest absolute Gasteiger partial charge is 0.123 e. The fraction of sp³-hybridized carbons (Fsp3) is 0.167. The molecule has 2 unspecified atom stereocenters. The Balaban J connectivity index is 2.26. The molecule has 0 spiro atoms. The van der Waals surface area contributed by atoms with Crippen LogP contribution in [-0.2, 0) is 0 Å². The first kappa shape index (κ1) is 14.3. The first-order chi connectivity index (χ1) is 10.6. The molecule has 4 heteroatoms. The molecule has 1 aliphatic carbocycles. The molecule has 0 bridgehead atoms. The van der Waals surface area contributed by atoms with Gasteiger partial charge in [0.25, 0.3) is 0 Å². The predicted octanol–water partition coefficient (Wildman–Crippen LogP) is 2.80. The van der Waals surface area contributed by atoms with Gasteiger partial charge in [-0.05, 0) is 59.7 Å². The van der Waals surface area contributed by atoms with Gasteiger partial charge in [0.05, 0.1) is 17.7 Å². The van der Waals surface area contributed by atoms with Crippen molar-refractivity contribution in [3.05, 3.63) is 76.8 Å². The number of halogens is 1. The van der Waals surface area contributed by atoms with Gasteiger partial charge in [0.1, 0.15) is 5.82 Å². The summed E-state index contributed by atoms with van der Waals surface area (Å²) in [6.07, 6.45) is 7.41. The third-order valence-corrected chi connectivity index (χ3v) is 3.90. The Hall–Kier alpha value is -2.64. The van der Waals surface area contributed by atoms with Crippen molar-refractivity contribution < 1.29 is 4.39 Å². The van der Waals surface area contributed by atoms with Gasteiger partial charge in [0.15, 0.2) is 0 Å². The van der Waals surface area contributed by atoms with E-state index in [0.717, 1.165) is 22.3 Å². The number of nitrogens with two attached hydrogens (primary N) is 1. The third-order valence-electron chi connectivity index (χ3n) is 3.90. The van der Waals surface area contributed by atoms with E-state index in [2.05, 4.69) is 11.4 Å². The van der Waals surface area contributed by atoms with Crippen LogP contribution < -0.4 is 11.1 Å². The Morgan fingerprint density at radius 2 is 2.23 bits per heavy atom. The van der Waals surface area contributed by atoms with Crippen LogP contribution in [0.15, 0.2) is 65.4 Å². The average molecular weight is 293 g/mol. The Morgan fingerprint density at radius 1 is 1.41 bits per heavy atom. The van der Waals surface area contributed by atoms with Gasteiger partial charge in [0, 0.05) is 6.04 Å². The maximum absolute atomic E-state index is 13.6. The zero-order chi connectivity index (χ0) is 15.7. The van der Waals surface area contributed by atoms with Crippen molar-refractivity contribution >= 4 is 5.57 Å². The molecule has 0 amide bonds. The predicted molar refractivity (Wildman–Crippen MR) is 84.8 cm³/mol. The van der Waals surface area contributed by atoms with Crippen molar-refractivity contribution in [2.24, 2.45) is 5.73 Å². The molecule has 1 aromatic carbocycles. The van der Waals surface area contributed by atoms with Crippen molar-refractivity contribution in [1.29, 1.82) is 5.26 Å². The van der Waals surface area contributed by atoms with E-state index in [1.807, 2.05) is 37.4 Å². The largest absolute Gasteiger partial charge is 0.380 e. The summed E-state index contributed by atoms with van der Waals surface area (Å²) in [6.45, 7) is 1.87. The number of allylic oxidation sites excluding steroid dienone is 2. The zero-order valence-electron chi connectivity index (χ0n) is 12.2. The van der Waals surface area contributed by atoms with Crippen molar-refractivity contribution in [3.63, 3.8) is 0 Å². The van der Waals surface area contributed by atoms with Crippen LogP contribution in [0.3, 0.4) is 0 Å². The Kier molecular flexibility index (Phi) is 3.66. The molecule has 0 fully saturated rings. The van der Waals surface area contributed by atoms with Gasteiger partial charge in [0.2, 0.25) is 0 Å². The second-order valence-electron chi connectivity index (χ2n) is 5.42. The Bertz CT molecular complexity index is 776. The summed E-state index contributed by atoms with van der Waals surface area (Å²) in [5.74, 6) is -0.291. The van der Waals surface area contributed by atoms with E-state index < -0.39 is 0 Å². The summed E-state index contributed by atoms with van der Waals surface area (Å²) < 4.78 is 13.6. The highest BCUT2D eigenvalue weighted by atomic mass is 19.1. The van der Waals surface area contributed by atoms with Gasteiger partial charge in [-0.3, -0.25) is 0 Å². The van der Waals surface area contributed by atoms with Crippen LogP contribution in [0.4, 0.5) is 4.39 Å². The molecule has 0 aromatic heterocycles. The van der Waals surface area contributed by atoms with Crippen molar-refractivity contribution in [2.75, 3.05) is 0 Å². The summed E-state index contributed by atoms with van der Waals surface area (Å²) in [6, 6.07) is 8.25. The summed E-state index contributed by atoms with van der Waals surface area (Å²) in [5, 5.41) is 12.7. The third kappa shape index (κ3) is 2.36. The zero-order valence-corrected chi connectivity index (χ0v) is 12.2. The second kappa shape index (κ2) is 5.63. The minimum Gasteiger partial charge on any atom is -0.380 e. The van der Waals surface area contributed by atoms with Gasteiger partial charge in [-0.25, -0.2) is 4.39 Å². The van der Waals surface area contributed by atoms with E-state index in [-0.39, 0.29) is 17.9 Å². The molecule has 1 aliphatic heterocycles. The number of benzene rings is 1. The molecule has 0 saturated heterocycles.